The number of nitrogens with zero attached hydrogens (tertiary/aromatic N) is 1. The molecule has 0 aliphatic carbocycles. The van der Waals surface area contributed by atoms with Crippen molar-refractivity contribution in [1.82, 2.24) is 5.32 Å². The first kappa shape index (κ1) is 11.8. The maximum absolute atomic E-state index is 11.0. The van der Waals surface area contributed by atoms with Crippen LogP contribution in [0.1, 0.15) is 19.8 Å². The van der Waals surface area contributed by atoms with Gasteiger partial charge in [-0.1, -0.05) is 12.1 Å². The number of nitrogens with two attached hydrogens (primary N) is 1. The molecule has 4 heteroatoms. The first-order valence-corrected chi connectivity index (χ1v) is 6.03. The van der Waals surface area contributed by atoms with Crippen LogP contribution < -0.4 is 16.0 Å². The minimum Gasteiger partial charge on any atom is -0.397 e. The van der Waals surface area contributed by atoms with Crippen molar-refractivity contribution in [2.24, 2.45) is 0 Å². The van der Waals surface area contributed by atoms with Gasteiger partial charge in [-0.25, -0.2) is 0 Å². The number of nitrogens with one attached hydrogen (secondary N) is 1. The van der Waals surface area contributed by atoms with Gasteiger partial charge in [0.1, 0.15) is 0 Å². The summed E-state index contributed by atoms with van der Waals surface area (Å²) in [6.07, 6.45) is 1.96. The quantitative estimate of drug-likeness (QED) is 0.759. The Morgan fingerprint density at radius 1 is 1.35 bits per heavy atom. The molecule has 0 spiro atoms. The number of rotatable bonds is 2. The van der Waals surface area contributed by atoms with Crippen LogP contribution in [0, 0.1) is 0 Å². The fourth-order valence-corrected chi connectivity index (χ4v) is 2.33. The van der Waals surface area contributed by atoms with Crippen LogP contribution in [0.25, 0.3) is 0 Å². The Hall–Kier alpha value is -1.71. The number of piperidine rings is 1. The zero-order valence-corrected chi connectivity index (χ0v) is 10.1. The number of nitrogen functional groups attached to an aromatic ring is 1. The maximum atomic E-state index is 11.0. The SMILES string of the molecule is CC(=O)NC1CCN(c2ccccc2N)CC1. The van der Waals surface area contributed by atoms with E-state index in [2.05, 4.69) is 10.2 Å². The molecule has 0 unspecified atom stereocenters. The van der Waals surface area contributed by atoms with Crippen molar-refractivity contribution in [3.63, 3.8) is 0 Å². The minimum atomic E-state index is 0.0580. The molecule has 1 saturated heterocycles. The molecule has 1 aliphatic heterocycles. The lowest BCUT2D eigenvalue weighted by Gasteiger charge is -2.34. The lowest BCUT2D eigenvalue weighted by Crippen LogP contribution is -2.44. The van der Waals surface area contributed by atoms with E-state index in [0.717, 1.165) is 37.3 Å². The second-order valence-corrected chi connectivity index (χ2v) is 4.52. The van der Waals surface area contributed by atoms with Crippen LogP contribution in [-0.2, 0) is 4.79 Å². The van der Waals surface area contributed by atoms with Crippen LogP contribution in [0.15, 0.2) is 24.3 Å². The second kappa shape index (κ2) is 5.08. The van der Waals surface area contributed by atoms with E-state index in [1.54, 1.807) is 6.92 Å². The lowest BCUT2D eigenvalue weighted by molar-refractivity contribution is -0.119. The third-order valence-corrected chi connectivity index (χ3v) is 3.18. The molecule has 0 aromatic heterocycles. The summed E-state index contributed by atoms with van der Waals surface area (Å²) in [5.74, 6) is 0.0580. The van der Waals surface area contributed by atoms with Gasteiger partial charge in [-0.2, -0.15) is 0 Å². The molecule has 1 aromatic carbocycles. The summed E-state index contributed by atoms with van der Waals surface area (Å²) in [4.78, 5) is 13.3. The number of anilines is 2. The standard InChI is InChI=1S/C13H19N3O/c1-10(17)15-11-6-8-16(9-7-11)13-5-3-2-4-12(13)14/h2-5,11H,6-9,14H2,1H3,(H,15,17). The molecule has 0 atom stereocenters. The summed E-state index contributed by atoms with van der Waals surface area (Å²) >= 11 is 0. The molecular formula is C13H19N3O. The third-order valence-electron chi connectivity index (χ3n) is 3.18. The molecular weight excluding hydrogens is 214 g/mol. The molecule has 0 bridgehead atoms. The Morgan fingerprint density at radius 2 is 2.00 bits per heavy atom. The number of carbonyl (C=O) groups excluding carboxylic acids is 1. The molecule has 1 aliphatic rings. The topological polar surface area (TPSA) is 58.4 Å². The molecule has 1 fully saturated rings. The highest BCUT2D eigenvalue weighted by molar-refractivity contribution is 5.73. The Labute approximate surface area is 102 Å². The predicted molar refractivity (Wildman–Crippen MR) is 69.9 cm³/mol. The van der Waals surface area contributed by atoms with Crippen molar-refractivity contribution < 1.29 is 4.79 Å². The van der Waals surface area contributed by atoms with Gasteiger partial charge in [0.25, 0.3) is 0 Å². The van der Waals surface area contributed by atoms with Crippen molar-refractivity contribution in [2.75, 3.05) is 23.7 Å². The normalized spacial score (nSPS) is 16.9. The first-order chi connectivity index (χ1) is 8.16. The summed E-state index contributed by atoms with van der Waals surface area (Å²) in [5, 5.41) is 2.97. The highest BCUT2D eigenvalue weighted by Crippen LogP contribution is 2.25. The fourth-order valence-electron chi connectivity index (χ4n) is 2.33. The molecule has 92 valence electrons. The van der Waals surface area contributed by atoms with E-state index in [1.165, 1.54) is 0 Å². The van der Waals surface area contributed by atoms with Crippen LogP contribution in [0.5, 0.6) is 0 Å². The van der Waals surface area contributed by atoms with Crippen LogP contribution in [0.3, 0.4) is 0 Å². The lowest BCUT2D eigenvalue weighted by atomic mass is 10.0. The zero-order chi connectivity index (χ0) is 12.3. The van der Waals surface area contributed by atoms with Crippen LogP contribution >= 0.6 is 0 Å². The van der Waals surface area contributed by atoms with Gasteiger partial charge in [-0.05, 0) is 25.0 Å². The van der Waals surface area contributed by atoms with Crippen LogP contribution in [0.2, 0.25) is 0 Å². The Kier molecular flexibility index (Phi) is 3.52. The second-order valence-electron chi connectivity index (χ2n) is 4.52. The first-order valence-electron chi connectivity index (χ1n) is 6.03. The van der Waals surface area contributed by atoms with Gasteiger partial charge >= 0.3 is 0 Å². The van der Waals surface area contributed by atoms with E-state index < -0.39 is 0 Å². The molecule has 1 heterocycles. The molecule has 3 N–H and O–H groups in total. The molecule has 0 saturated carbocycles. The van der Waals surface area contributed by atoms with Crippen molar-refractivity contribution >= 4 is 17.3 Å². The Bertz CT molecular complexity index is 397. The number of para-hydroxylation sites is 2. The average molecular weight is 233 g/mol. The van der Waals surface area contributed by atoms with Gasteiger partial charge in [0.05, 0.1) is 11.4 Å². The largest absolute Gasteiger partial charge is 0.397 e. The molecule has 4 nitrogen and oxygen atoms in total. The number of hydrogen-bond donors (Lipinski definition) is 2. The van der Waals surface area contributed by atoms with Gasteiger partial charge < -0.3 is 16.0 Å². The van der Waals surface area contributed by atoms with E-state index >= 15 is 0 Å². The molecule has 17 heavy (non-hydrogen) atoms. The zero-order valence-electron chi connectivity index (χ0n) is 10.1. The van der Waals surface area contributed by atoms with E-state index in [1.807, 2.05) is 24.3 Å². The van der Waals surface area contributed by atoms with Crippen molar-refractivity contribution in [2.45, 2.75) is 25.8 Å². The van der Waals surface area contributed by atoms with Crippen molar-refractivity contribution in [3.8, 4) is 0 Å². The number of carbonyl (C=O) groups is 1. The number of amides is 1. The predicted octanol–water partition coefficient (Wildman–Crippen LogP) is 1.37. The summed E-state index contributed by atoms with van der Waals surface area (Å²) in [6, 6.07) is 8.24. The molecule has 0 radical (unpaired) electrons. The van der Waals surface area contributed by atoms with E-state index in [4.69, 9.17) is 5.73 Å². The third kappa shape index (κ3) is 2.90. The monoisotopic (exact) mass is 233 g/mol. The number of hydrogen-bond acceptors (Lipinski definition) is 3. The molecule has 1 aromatic rings. The van der Waals surface area contributed by atoms with Gasteiger partial charge in [0.2, 0.25) is 5.91 Å². The van der Waals surface area contributed by atoms with Gasteiger partial charge in [-0.15, -0.1) is 0 Å². The Balaban J connectivity index is 1.95. The summed E-state index contributed by atoms with van der Waals surface area (Å²) in [5.41, 5.74) is 7.89. The smallest absolute Gasteiger partial charge is 0.217 e. The van der Waals surface area contributed by atoms with E-state index in [9.17, 15) is 4.79 Å². The summed E-state index contributed by atoms with van der Waals surface area (Å²) < 4.78 is 0. The number of benzene rings is 1. The average Bonchev–Trinajstić information content (AvgIpc) is 2.30. The Morgan fingerprint density at radius 3 is 2.59 bits per heavy atom. The van der Waals surface area contributed by atoms with Gasteiger partial charge in [0, 0.05) is 26.1 Å². The van der Waals surface area contributed by atoms with Crippen molar-refractivity contribution in [1.29, 1.82) is 0 Å². The molecule has 2 rings (SSSR count). The minimum absolute atomic E-state index is 0.0580. The van der Waals surface area contributed by atoms with Crippen LogP contribution in [0.4, 0.5) is 11.4 Å². The highest BCUT2D eigenvalue weighted by atomic mass is 16.1. The molecule has 1 amide bonds. The van der Waals surface area contributed by atoms with Crippen LogP contribution in [-0.4, -0.2) is 25.0 Å². The van der Waals surface area contributed by atoms with Gasteiger partial charge in [0.15, 0.2) is 0 Å². The van der Waals surface area contributed by atoms with Crippen molar-refractivity contribution in [3.05, 3.63) is 24.3 Å². The van der Waals surface area contributed by atoms with E-state index in [0.29, 0.717) is 6.04 Å². The van der Waals surface area contributed by atoms with E-state index in [-0.39, 0.29) is 5.91 Å². The van der Waals surface area contributed by atoms with Gasteiger partial charge in [-0.3, -0.25) is 4.79 Å². The fraction of sp³-hybridized carbons (Fsp3) is 0.462. The summed E-state index contributed by atoms with van der Waals surface area (Å²) in [6.45, 7) is 3.46. The maximum Gasteiger partial charge on any atom is 0.217 e. The highest BCUT2D eigenvalue weighted by Gasteiger charge is 2.20. The summed E-state index contributed by atoms with van der Waals surface area (Å²) in [7, 11) is 0.